The van der Waals surface area contributed by atoms with Gasteiger partial charge < -0.3 is 14.6 Å². The van der Waals surface area contributed by atoms with E-state index in [0.717, 1.165) is 6.08 Å². The molecule has 1 aromatic carbocycles. The van der Waals surface area contributed by atoms with Crippen molar-refractivity contribution in [2.24, 2.45) is 0 Å². The van der Waals surface area contributed by atoms with E-state index in [1.54, 1.807) is 18.2 Å². The summed E-state index contributed by atoms with van der Waals surface area (Å²) in [5.74, 6) is -0.0744. The fraction of sp³-hybridized carbons (Fsp3) is 0.231. The molecule has 1 aromatic rings. The maximum atomic E-state index is 10.3. The smallest absolute Gasteiger partial charge is 0.328 e. The van der Waals surface area contributed by atoms with Crippen molar-refractivity contribution in [2.75, 3.05) is 13.2 Å². The molecule has 0 heterocycles. The van der Waals surface area contributed by atoms with E-state index in [4.69, 9.17) is 19.8 Å². The summed E-state index contributed by atoms with van der Waals surface area (Å²) in [7, 11) is 0. The minimum Gasteiger partial charge on any atom is -0.490 e. The average molecular weight is 247 g/mol. The van der Waals surface area contributed by atoms with E-state index in [9.17, 15) is 4.79 Å². The van der Waals surface area contributed by atoms with Crippen LogP contribution in [0.25, 0.3) is 0 Å². The van der Waals surface area contributed by atoms with Gasteiger partial charge in [-0.2, -0.15) is 5.26 Å². The number of carbonyl (C=O) groups is 1. The maximum Gasteiger partial charge on any atom is 0.328 e. The summed E-state index contributed by atoms with van der Waals surface area (Å²) in [5.41, 5.74) is 0.479. The van der Waals surface area contributed by atoms with Crippen LogP contribution in [0.1, 0.15) is 12.5 Å². The zero-order valence-corrected chi connectivity index (χ0v) is 9.92. The van der Waals surface area contributed by atoms with Gasteiger partial charge in [-0.25, -0.2) is 4.79 Å². The minimum atomic E-state index is -1.02. The molecule has 18 heavy (non-hydrogen) atoms. The lowest BCUT2D eigenvalue weighted by Gasteiger charge is -2.10. The van der Waals surface area contributed by atoms with Crippen molar-refractivity contribution >= 4 is 5.97 Å². The van der Waals surface area contributed by atoms with Crippen molar-refractivity contribution in [1.29, 1.82) is 5.26 Å². The van der Waals surface area contributed by atoms with Crippen LogP contribution in [-0.2, 0) is 4.79 Å². The first-order chi connectivity index (χ1) is 8.67. The van der Waals surface area contributed by atoms with Crippen LogP contribution < -0.4 is 9.47 Å². The molecule has 94 valence electrons. The van der Waals surface area contributed by atoms with Crippen LogP contribution in [0.2, 0.25) is 0 Å². The van der Waals surface area contributed by atoms with Crippen molar-refractivity contribution < 1.29 is 19.4 Å². The Morgan fingerprint density at radius 3 is 2.83 bits per heavy atom. The van der Waals surface area contributed by atoms with E-state index in [0.29, 0.717) is 23.7 Å². The Bertz CT molecular complexity index is 488. The highest BCUT2D eigenvalue weighted by Crippen LogP contribution is 2.28. The number of carboxylic acids is 1. The molecule has 0 bridgehead atoms. The third-order valence-electron chi connectivity index (χ3n) is 1.97. The molecule has 5 heteroatoms. The molecule has 0 amide bonds. The molecule has 0 spiro atoms. The van der Waals surface area contributed by atoms with E-state index < -0.39 is 5.97 Å². The van der Waals surface area contributed by atoms with Crippen LogP contribution in [0.5, 0.6) is 11.5 Å². The maximum absolute atomic E-state index is 10.3. The molecule has 0 aliphatic carbocycles. The summed E-state index contributed by atoms with van der Waals surface area (Å²) >= 11 is 0. The summed E-state index contributed by atoms with van der Waals surface area (Å²) in [6.07, 6.45) is 2.39. The van der Waals surface area contributed by atoms with Gasteiger partial charge >= 0.3 is 5.97 Å². The largest absolute Gasteiger partial charge is 0.490 e. The molecule has 0 aromatic heterocycles. The van der Waals surface area contributed by atoms with Gasteiger partial charge in [0.1, 0.15) is 6.61 Å². The van der Waals surface area contributed by atoms with Crippen molar-refractivity contribution in [3.8, 4) is 17.6 Å². The number of carboxylic acid groups (broad SMARTS) is 1. The molecule has 0 radical (unpaired) electrons. The Labute approximate surface area is 105 Å². The van der Waals surface area contributed by atoms with Gasteiger partial charge in [0.05, 0.1) is 18.2 Å². The lowest BCUT2D eigenvalue weighted by atomic mass is 10.2. The first-order valence-electron chi connectivity index (χ1n) is 5.36. The topological polar surface area (TPSA) is 79.5 Å². The monoisotopic (exact) mass is 247 g/mol. The number of nitriles is 1. The van der Waals surface area contributed by atoms with Gasteiger partial charge in [0.15, 0.2) is 11.5 Å². The lowest BCUT2D eigenvalue weighted by Crippen LogP contribution is -2.00. The van der Waals surface area contributed by atoms with Crippen LogP contribution in [0.15, 0.2) is 30.4 Å². The van der Waals surface area contributed by atoms with Crippen LogP contribution >= 0.6 is 0 Å². The average Bonchev–Trinajstić information content (AvgIpc) is 2.36. The van der Waals surface area contributed by atoms with E-state index in [1.807, 2.05) is 13.0 Å². The number of hydrogen-bond donors (Lipinski definition) is 1. The Morgan fingerprint density at radius 1 is 1.44 bits per heavy atom. The molecule has 1 N–H and O–H groups in total. The SMILES string of the molecule is CCOc1cc(C#N)ccc1OC/C=C/C(=O)O. The number of nitrogens with zero attached hydrogens (tertiary/aromatic N) is 1. The molecule has 0 atom stereocenters. The molecule has 0 aliphatic heterocycles. The molecule has 0 unspecified atom stereocenters. The number of rotatable bonds is 6. The number of benzene rings is 1. The van der Waals surface area contributed by atoms with Gasteiger partial charge in [0.25, 0.3) is 0 Å². The van der Waals surface area contributed by atoms with Crippen molar-refractivity contribution in [3.05, 3.63) is 35.9 Å². The predicted molar refractivity (Wildman–Crippen MR) is 64.6 cm³/mol. The summed E-state index contributed by atoms with van der Waals surface area (Å²) in [6, 6.07) is 6.82. The molecule has 0 saturated heterocycles. The van der Waals surface area contributed by atoms with E-state index in [1.165, 1.54) is 6.08 Å². The van der Waals surface area contributed by atoms with Crippen LogP contribution in [0, 0.1) is 11.3 Å². The van der Waals surface area contributed by atoms with Gasteiger partial charge in [0.2, 0.25) is 0 Å². The van der Waals surface area contributed by atoms with E-state index in [2.05, 4.69) is 0 Å². The zero-order chi connectivity index (χ0) is 13.4. The Balaban J connectivity index is 2.75. The summed E-state index contributed by atoms with van der Waals surface area (Å²) in [4.78, 5) is 10.3. The molecule has 0 fully saturated rings. The zero-order valence-electron chi connectivity index (χ0n) is 9.92. The molecule has 1 rings (SSSR count). The third kappa shape index (κ3) is 4.18. The fourth-order valence-corrected chi connectivity index (χ4v) is 1.25. The first-order valence-corrected chi connectivity index (χ1v) is 5.36. The van der Waals surface area contributed by atoms with Crippen LogP contribution in [-0.4, -0.2) is 24.3 Å². The second kappa shape index (κ2) is 6.97. The molecular weight excluding hydrogens is 234 g/mol. The highest BCUT2D eigenvalue weighted by Gasteiger charge is 2.05. The highest BCUT2D eigenvalue weighted by molar-refractivity contribution is 5.79. The fourth-order valence-electron chi connectivity index (χ4n) is 1.25. The normalized spacial score (nSPS) is 10.0. The molecule has 0 aliphatic rings. The number of aliphatic carboxylic acids is 1. The quantitative estimate of drug-likeness (QED) is 0.777. The van der Waals surface area contributed by atoms with Crippen molar-refractivity contribution in [2.45, 2.75) is 6.92 Å². The van der Waals surface area contributed by atoms with Gasteiger partial charge in [-0.05, 0) is 25.1 Å². The first kappa shape index (κ1) is 13.6. The van der Waals surface area contributed by atoms with Crippen LogP contribution in [0.3, 0.4) is 0 Å². The highest BCUT2D eigenvalue weighted by atomic mass is 16.5. The van der Waals surface area contributed by atoms with Gasteiger partial charge in [0, 0.05) is 12.1 Å². The van der Waals surface area contributed by atoms with Crippen molar-refractivity contribution in [1.82, 2.24) is 0 Å². The Morgan fingerprint density at radius 2 is 2.22 bits per heavy atom. The third-order valence-corrected chi connectivity index (χ3v) is 1.97. The van der Waals surface area contributed by atoms with Crippen LogP contribution in [0.4, 0.5) is 0 Å². The second-order valence-corrected chi connectivity index (χ2v) is 3.26. The van der Waals surface area contributed by atoms with Crippen molar-refractivity contribution in [3.63, 3.8) is 0 Å². The minimum absolute atomic E-state index is 0.123. The molecule has 5 nitrogen and oxygen atoms in total. The Kier molecular flexibility index (Phi) is 5.26. The summed E-state index contributed by atoms with van der Waals surface area (Å²) in [5, 5.41) is 17.2. The Hall–Kier alpha value is -2.48. The lowest BCUT2D eigenvalue weighted by molar-refractivity contribution is -0.131. The summed E-state index contributed by atoms with van der Waals surface area (Å²) < 4.78 is 10.7. The van der Waals surface area contributed by atoms with Gasteiger partial charge in [-0.3, -0.25) is 0 Å². The number of ether oxygens (including phenoxy) is 2. The number of hydrogen-bond acceptors (Lipinski definition) is 4. The molecular formula is C13H13NO4. The van der Waals surface area contributed by atoms with Gasteiger partial charge in [-0.15, -0.1) is 0 Å². The summed E-state index contributed by atoms with van der Waals surface area (Å²) in [6.45, 7) is 2.40. The predicted octanol–water partition coefficient (Wildman–Crippen LogP) is 1.98. The van der Waals surface area contributed by atoms with E-state index >= 15 is 0 Å². The molecule has 0 saturated carbocycles. The van der Waals surface area contributed by atoms with E-state index in [-0.39, 0.29) is 6.61 Å². The second-order valence-electron chi connectivity index (χ2n) is 3.26. The van der Waals surface area contributed by atoms with Gasteiger partial charge in [-0.1, -0.05) is 0 Å². The standard InChI is InChI=1S/C13H13NO4/c1-2-17-12-8-10(9-14)5-6-11(12)18-7-3-4-13(15)16/h3-6,8H,2,7H2,1H3,(H,15,16)/b4-3+.